The van der Waals surface area contributed by atoms with Crippen molar-refractivity contribution in [2.75, 3.05) is 5.32 Å². The van der Waals surface area contributed by atoms with Gasteiger partial charge in [0.1, 0.15) is 0 Å². The molecule has 0 radical (unpaired) electrons. The first-order valence-electron chi connectivity index (χ1n) is 11.1. The highest BCUT2D eigenvalue weighted by Gasteiger charge is 2.36. The lowest BCUT2D eigenvalue weighted by atomic mass is 10.0. The average molecular weight is 539 g/mol. The van der Waals surface area contributed by atoms with Gasteiger partial charge in [0, 0.05) is 18.0 Å². The summed E-state index contributed by atoms with van der Waals surface area (Å²) >= 11 is 1.38. The minimum Gasteiger partial charge on any atom is -0.302 e. The molecule has 7 nitrogen and oxygen atoms in total. The van der Waals surface area contributed by atoms with Gasteiger partial charge in [-0.1, -0.05) is 38.1 Å². The van der Waals surface area contributed by atoms with Crippen molar-refractivity contribution in [1.82, 2.24) is 9.88 Å². The Bertz CT molecular complexity index is 1350. The zero-order chi connectivity index (χ0) is 26.3. The van der Waals surface area contributed by atoms with E-state index in [1.165, 1.54) is 47.7 Å². The first-order chi connectivity index (χ1) is 16.8. The van der Waals surface area contributed by atoms with E-state index in [-0.39, 0.29) is 29.2 Å². The zero-order valence-electron chi connectivity index (χ0n) is 19.5. The molecule has 12 heteroatoms. The molecule has 0 bridgehead atoms. The Morgan fingerprint density at radius 3 is 2.31 bits per heavy atom. The summed E-state index contributed by atoms with van der Waals surface area (Å²) in [5.41, 5.74) is 1.61. The fourth-order valence-electron chi connectivity index (χ4n) is 4.29. The number of hydrogen-bond donors (Lipinski definition) is 2. The molecule has 1 atom stereocenters. The van der Waals surface area contributed by atoms with Crippen LogP contribution in [0.1, 0.15) is 47.2 Å². The molecule has 36 heavy (non-hydrogen) atoms. The maximum atomic E-state index is 12.9. The molecule has 0 saturated heterocycles. The second-order valence-corrected chi connectivity index (χ2v) is 11.7. The molecule has 0 unspecified atom stereocenters. The number of nitrogens with two attached hydrogens (primary N) is 1. The van der Waals surface area contributed by atoms with Gasteiger partial charge in [-0.25, -0.2) is 18.5 Å². The summed E-state index contributed by atoms with van der Waals surface area (Å²) in [6.07, 6.45) is -4.32. The van der Waals surface area contributed by atoms with Crippen LogP contribution in [0.2, 0.25) is 0 Å². The molecule has 3 N–H and O–H groups in total. The molecule has 0 aliphatic carbocycles. The number of fused-ring (bicyclic) bond motifs is 1. The van der Waals surface area contributed by atoms with Crippen molar-refractivity contribution < 1.29 is 26.4 Å². The fraction of sp³-hybridized carbons (Fsp3) is 0.333. The highest BCUT2D eigenvalue weighted by atomic mass is 32.2. The number of hydrogen-bond acceptors (Lipinski definition) is 6. The smallest absolute Gasteiger partial charge is 0.302 e. The highest BCUT2D eigenvalue weighted by Crippen LogP contribution is 2.43. The van der Waals surface area contributed by atoms with Crippen LogP contribution < -0.4 is 10.5 Å². The number of carbonyl (C=O) groups excluding carboxylic acids is 1. The summed E-state index contributed by atoms with van der Waals surface area (Å²) in [6.45, 7) is 5.19. The van der Waals surface area contributed by atoms with Crippen LogP contribution in [0.15, 0.2) is 53.4 Å². The number of nitrogens with zero attached hydrogens (tertiary/aromatic N) is 2. The van der Waals surface area contributed by atoms with E-state index < -0.39 is 21.8 Å². The average Bonchev–Trinajstić information content (AvgIpc) is 3.29. The lowest BCUT2D eigenvalue weighted by molar-refractivity contribution is -0.137. The lowest BCUT2D eigenvalue weighted by Gasteiger charge is -2.27. The zero-order valence-corrected chi connectivity index (χ0v) is 21.2. The van der Waals surface area contributed by atoms with Crippen molar-refractivity contribution in [3.63, 3.8) is 0 Å². The normalized spacial score (nSPS) is 16.4. The number of aromatic nitrogens is 1. The van der Waals surface area contributed by atoms with Crippen LogP contribution in [0, 0.1) is 5.92 Å². The number of alkyl halides is 3. The van der Waals surface area contributed by atoms with E-state index in [1.54, 1.807) is 0 Å². The summed E-state index contributed by atoms with van der Waals surface area (Å²) in [7, 11) is -3.80. The Labute approximate surface area is 211 Å². The van der Waals surface area contributed by atoms with Gasteiger partial charge in [-0.05, 0) is 41.3 Å². The molecular formula is C24H25F3N4O3S2. The van der Waals surface area contributed by atoms with Gasteiger partial charge in [0.15, 0.2) is 5.13 Å². The molecule has 0 spiro atoms. The number of thiazole rings is 1. The van der Waals surface area contributed by atoms with E-state index in [1.807, 2.05) is 0 Å². The predicted molar refractivity (Wildman–Crippen MR) is 131 cm³/mol. The first kappa shape index (κ1) is 26.3. The molecule has 1 amide bonds. The highest BCUT2D eigenvalue weighted by molar-refractivity contribution is 7.89. The van der Waals surface area contributed by atoms with Gasteiger partial charge in [0.2, 0.25) is 15.9 Å². The van der Waals surface area contributed by atoms with Gasteiger partial charge in [0.05, 0.1) is 28.6 Å². The molecule has 192 valence electrons. The maximum Gasteiger partial charge on any atom is 0.416 e. The van der Waals surface area contributed by atoms with Crippen LogP contribution in [-0.2, 0) is 40.5 Å². The number of primary sulfonamides is 1. The largest absolute Gasteiger partial charge is 0.416 e. The maximum absolute atomic E-state index is 12.9. The van der Waals surface area contributed by atoms with Gasteiger partial charge in [0.25, 0.3) is 0 Å². The van der Waals surface area contributed by atoms with Crippen LogP contribution in [0.4, 0.5) is 18.3 Å². The molecule has 0 saturated carbocycles. The third-order valence-corrected chi connectivity index (χ3v) is 7.81. The molecule has 1 aliphatic rings. The minimum atomic E-state index is -4.36. The number of rotatable bonds is 7. The van der Waals surface area contributed by atoms with Crippen LogP contribution in [0.25, 0.3) is 0 Å². The summed E-state index contributed by atoms with van der Waals surface area (Å²) in [5, 5.41) is 8.38. The van der Waals surface area contributed by atoms with Crippen LogP contribution in [0.3, 0.4) is 0 Å². The van der Waals surface area contributed by atoms with E-state index in [9.17, 15) is 26.4 Å². The van der Waals surface area contributed by atoms with Crippen molar-refractivity contribution in [3.8, 4) is 0 Å². The number of anilines is 1. The molecule has 1 aliphatic heterocycles. The molecule has 2 aromatic carbocycles. The van der Waals surface area contributed by atoms with E-state index in [0.717, 1.165) is 28.3 Å². The van der Waals surface area contributed by atoms with E-state index in [0.29, 0.717) is 23.8 Å². The summed E-state index contributed by atoms with van der Waals surface area (Å²) in [4.78, 5) is 20.4. The second-order valence-electron chi connectivity index (χ2n) is 9.03. The molecular weight excluding hydrogens is 513 g/mol. The SMILES string of the molecule is CC(C)[C@H]1c2nc(NC(=O)Cc3ccc(S(N)(=O)=O)cc3)sc2CN1Cc1ccc(C(F)(F)F)cc1. The lowest BCUT2D eigenvalue weighted by Crippen LogP contribution is -2.26. The van der Waals surface area contributed by atoms with E-state index in [4.69, 9.17) is 5.14 Å². The van der Waals surface area contributed by atoms with Gasteiger partial charge < -0.3 is 5.32 Å². The molecule has 2 heterocycles. The third kappa shape index (κ3) is 5.94. The van der Waals surface area contributed by atoms with Gasteiger partial charge >= 0.3 is 6.18 Å². The molecule has 1 aromatic heterocycles. The van der Waals surface area contributed by atoms with Gasteiger partial charge in [-0.15, -0.1) is 11.3 Å². The summed E-state index contributed by atoms with van der Waals surface area (Å²) < 4.78 is 61.3. The topological polar surface area (TPSA) is 105 Å². The van der Waals surface area contributed by atoms with Crippen molar-refractivity contribution >= 4 is 32.4 Å². The van der Waals surface area contributed by atoms with Crippen LogP contribution in [-0.4, -0.2) is 24.2 Å². The third-order valence-electron chi connectivity index (χ3n) is 5.91. The molecule has 3 aromatic rings. The minimum absolute atomic E-state index is 0.0245. The predicted octanol–water partition coefficient (Wildman–Crippen LogP) is 4.70. The number of halogens is 3. The standard InChI is InChI=1S/C24H25F3N4O3S2/c1-14(2)22-21-19(13-31(22)12-16-3-7-17(8-4-16)24(25,26)27)35-23(30-21)29-20(32)11-15-5-9-18(10-6-15)36(28,33)34/h3-10,14,22H,11-13H2,1-2H3,(H2,28,33,34)(H,29,30,32)/t22-/m0/s1. The fourth-order valence-corrected chi connectivity index (χ4v) is 5.85. The van der Waals surface area contributed by atoms with Crippen LogP contribution in [0.5, 0.6) is 0 Å². The Hall–Kier alpha value is -2.80. The Kier molecular flexibility index (Phi) is 7.24. The molecule has 4 rings (SSSR count). The first-order valence-corrected chi connectivity index (χ1v) is 13.5. The van der Waals surface area contributed by atoms with Crippen molar-refractivity contribution in [2.45, 2.75) is 50.5 Å². The summed E-state index contributed by atoms with van der Waals surface area (Å²) in [6, 6.07) is 10.9. The Morgan fingerprint density at radius 1 is 1.14 bits per heavy atom. The van der Waals surface area contributed by atoms with Gasteiger partial charge in [-0.2, -0.15) is 13.2 Å². The van der Waals surface area contributed by atoms with Crippen LogP contribution >= 0.6 is 11.3 Å². The quantitative estimate of drug-likeness (QED) is 0.454. The Balaban J connectivity index is 1.42. The Morgan fingerprint density at radius 2 is 1.75 bits per heavy atom. The van der Waals surface area contributed by atoms with Crippen molar-refractivity contribution in [3.05, 3.63) is 75.8 Å². The second kappa shape index (κ2) is 9.92. The number of carbonyl (C=O) groups is 1. The monoisotopic (exact) mass is 538 g/mol. The molecule has 0 fully saturated rings. The summed E-state index contributed by atoms with van der Waals surface area (Å²) in [5.74, 6) is -0.0859. The van der Waals surface area contributed by atoms with Crippen molar-refractivity contribution in [1.29, 1.82) is 0 Å². The number of nitrogens with one attached hydrogen (secondary N) is 1. The number of benzene rings is 2. The number of amides is 1. The van der Waals surface area contributed by atoms with Crippen molar-refractivity contribution in [2.24, 2.45) is 11.1 Å². The van der Waals surface area contributed by atoms with E-state index in [2.05, 4.69) is 29.0 Å². The number of sulfonamides is 1. The van der Waals surface area contributed by atoms with Gasteiger partial charge in [-0.3, -0.25) is 9.69 Å². The van der Waals surface area contributed by atoms with E-state index >= 15 is 0 Å².